The fourth-order valence-corrected chi connectivity index (χ4v) is 3.20. The summed E-state index contributed by atoms with van der Waals surface area (Å²) in [5.74, 6) is 0.403. The number of anilines is 1. The number of hydrogen-bond donors (Lipinski definition) is 2. The Hall–Kier alpha value is -1.11. The summed E-state index contributed by atoms with van der Waals surface area (Å²) in [5.41, 5.74) is 1.82. The lowest BCUT2D eigenvalue weighted by Crippen LogP contribution is -2.41. The van der Waals surface area contributed by atoms with Gasteiger partial charge in [-0.25, -0.2) is 4.79 Å². The van der Waals surface area contributed by atoms with E-state index in [-0.39, 0.29) is 12.3 Å². The molecule has 0 bridgehead atoms. The molecule has 1 rings (SSSR count). The summed E-state index contributed by atoms with van der Waals surface area (Å²) in [6.45, 7) is 1.40. The fourth-order valence-electron chi connectivity index (χ4n) is 2.32. The first kappa shape index (κ1) is 21.9. The van der Waals surface area contributed by atoms with Crippen LogP contribution in [0.1, 0.15) is 12.0 Å². The summed E-state index contributed by atoms with van der Waals surface area (Å²) < 4.78 is 0. The van der Waals surface area contributed by atoms with Crippen LogP contribution in [-0.4, -0.2) is 59.9 Å². The van der Waals surface area contributed by atoms with Crippen LogP contribution < -0.4 is 10.2 Å². The molecule has 1 aromatic rings. The molecule has 25 heavy (non-hydrogen) atoms. The maximum absolute atomic E-state index is 12.1. The summed E-state index contributed by atoms with van der Waals surface area (Å²) in [6, 6.07) is 6.72. The number of halogens is 2. The van der Waals surface area contributed by atoms with E-state index in [1.165, 1.54) is 0 Å². The Bertz CT molecular complexity index is 537. The Balaban J connectivity index is 2.63. The monoisotopic (exact) mass is 406 g/mol. The van der Waals surface area contributed by atoms with E-state index in [9.17, 15) is 9.59 Å². The van der Waals surface area contributed by atoms with E-state index in [1.807, 2.05) is 30.5 Å². The molecular weight excluding hydrogens is 383 g/mol. The maximum atomic E-state index is 12.1. The number of benzene rings is 1. The fraction of sp³-hybridized carbons (Fsp3) is 0.529. The van der Waals surface area contributed by atoms with Crippen molar-refractivity contribution in [1.82, 2.24) is 5.32 Å². The second-order valence-corrected chi connectivity index (χ2v) is 7.19. The highest BCUT2D eigenvalue weighted by Crippen LogP contribution is 2.16. The van der Waals surface area contributed by atoms with Crippen LogP contribution in [0.25, 0.3) is 0 Å². The van der Waals surface area contributed by atoms with Gasteiger partial charge >= 0.3 is 5.97 Å². The van der Waals surface area contributed by atoms with Gasteiger partial charge in [0.2, 0.25) is 5.91 Å². The number of carbonyl (C=O) groups is 2. The molecule has 1 atom stereocenters. The van der Waals surface area contributed by atoms with Crippen LogP contribution in [0.3, 0.4) is 0 Å². The summed E-state index contributed by atoms with van der Waals surface area (Å²) in [5, 5.41) is 11.7. The van der Waals surface area contributed by atoms with E-state index in [2.05, 4.69) is 10.2 Å². The van der Waals surface area contributed by atoms with Crippen LogP contribution in [0.4, 0.5) is 5.69 Å². The lowest BCUT2D eigenvalue weighted by atomic mass is 10.1. The van der Waals surface area contributed by atoms with Crippen LogP contribution in [0.15, 0.2) is 24.3 Å². The van der Waals surface area contributed by atoms with Gasteiger partial charge in [-0.1, -0.05) is 12.1 Å². The van der Waals surface area contributed by atoms with Gasteiger partial charge in [-0.3, -0.25) is 4.79 Å². The molecule has 140 valence electrons. The van der Waals surface area contributed by atoms with Crippen LogP contribution in [0.5, 0.6) is 0 Å². The molecular formula is C17H24Cl2N2O3S. The molecule has 0 saturated carbocycles. The maximum Gasteiger partial charge on any atom is 0.326 e. The van der Waals surface area contributed by atoms with Crippen molar-refractivity contribution < 1.29 is 14.7 Å². The minimum absolute atomic E-state index is 0.147. The zero-order valence-corrected chi connectivity index (χ0v) is 16.5. The molecule has 0 radical (unpaired) electrons. The third kappa shape index (κ3) is 8.21. The van der Waals surface area contributed by atoms with Crippen LogP contribution >= 0.6 is 35.0 Å². The molecule has 0 fully saturated rings. The van der Waals surface area contributed by atoms with E-state index in [0.717, 1.165) is 11.3 Å². The summed E-state index contributed by atoms with van der Waals surface area (Å²) >= 11 is 13.2. The van der Waals surface area contributed by atoms with Crippen LogP contribution in [0.2, 0.25) is 0 Å². The van der Waals surface area contributed by atoms with E-state index in [4.69, 9.17) is 28.3 Å². The first-order valence-corrected chi connectivity index (χ1v) is 10.4. The van der Waals surface area contributed by atoms with Crippen molar-refractivity contribution >= 4 is 52.5 Å². The number of carbonyl (C=O) groups excluding carboxylic acids is 1. The van der Waals surface area contributed by atoms with Crippen molar-refractivity contribution in [3.05, 3.63) is 29.8 Å². The first-order chi connectivity index (χ1) is 12.0. The van der Waals surface area contributed by atoms with E-state index >= 15 is 0 Å². The number of alkyl halides is 2. The Morgan fingerprint density at radius 3 is 2.28 bits per heavy atom. The number of nitrogens with one attached hydrogen (secondary N) is 1. The normalized spacial score (nSPS) is 11.8. The summed E-state index contributed by atoms with van der Waals surface area (Å²) in [7, 11) is 0. The Morgan fingerprint density at radius 2 is 1.80 bits per heavy atom. The van der Waals surface area contributed by atoms with E-state index < -0.39 is 12.0 Å². The quantitative estimate of drug-likeness (QED) is 0.522. The van der Waals surface area contributed by atoms with Crippen molar-refractivity contribution in [2.24, 2.45) is 0 Å². The lowest BCUT2D eigenvalue weighted by Gasteiger charge is -2.23. The third-order valence-corrected chi connectivity index (χ3v) is 4.60. The van der Waals surface area contributed by atoms with Gasteiger partial charge in [-0.15, -0.1) is 23.2 Å². The van der Waals surface area contributed by atoms with Crippen molar-refractivity contribution in [2.75, 3.05) is 41.8 Å². The molecule has 0 unspecified atom stereocenters. The van der Waals surface area contributed by atoms with E-state index in [0.29, 0.717) is 37.0 Å². The van der Waals surface area contributed by atoms with Gasteiger partial charge in [-0.2, -0.15) is 11.8 Å². The molecule has 8 heteroatoms. The molecule has 2 N–H and O–H groups in total. The number of nitrogens with zero attached hydrogens (tertiary/aromatic N) is 1. The smallest absolute Gasteiger partial charge is 0.326 e. The van der Waals surface area contributed by atoms with Gasteiger partial charge in [0.05, 0.1) is 6.42 Å². The van der Waals surface area contributed by atoms with Crippen molar-refractivity contribution in [3.63, 3.8) is 0 Å². The predicted molar refractivity (Wildman–Crippen MR) is 106 cm³/mol. The topological polar surface area (TPSA) is 69.6 Å². The lowest BCUT2D eigenvalue weighted by molar-refractivity contribution is -0.141. The van der Waals surface area contributed by atoms with Gasteiger partial charge in [0.25, 0.3) is 0 Å². The Morgan fingerprint density at radius 1 is 1.20 bits per heavy atom. The standard InChI is InChI=1S/C17H24Cl2N2O3S/c1-25-11-6-15(17(23)24)20-16(22)12-13-2-4-14(5-3-13)21(9-7-18)10-8-19/h2-5,15H,6-12H2,1H3,(H,20,22)(H,23,24)/t15-/m0/s1. The molecule has 0 spiro atoms. The average molecular weight is 407 g/mol. The van der Waals surface area contributed by atoms with E-state index in [1.54, 1.807) is 11.8 Å². The molecule has 5 nitrogen and oxygen atoms in total. The third-order valence-electron chi connectivity index (χ3n) is 3.62. The second-order valence-electron chi connectivity index (χ2n) is 5.45. The number of hydrogen-bond acceptors (Lipinski definition) is 4. The molecule has 1 amide bonds. The van der Waals surface area contributed by atoms with Crippen LogP contribution in [-0.2, 0) is 16.0 Å². The minimum Gasteiger partial charge on any atom is -0.480 e. The Kier molecular flexibility index (Phi) is 10.8. The van der Waals surface area contributed by atoms with Gasteiger partial charge in [0.15, 0.2) is 0 Å². The second kappa shape index (κ2) is 12.3. The molecule has 0 heterocycles. The SMILES string of the molecule is CSCC[C@H](NC(=O)Cc1ccc(N(CCCl)CCCl)cc1)C(=O)O. The van der Waals surface area contributed by atoms with Gasteiger partial charge < -0.3 is 15.3 Å². The average Bonchev–Trinajstić information content (AvgIpc) is 2.59. The Labute approximate surface area is 163 Å². The molecule has 0 saturated heterocycles. The van der Waals surface area contributed by atoms with Crippen molar-refractivity contribution in [2.45, 2.75) is 18.9 Å². The zero-order valence-electron chi connectivity index (χ0n) is 14.2. The highest BCUT2D eigenvalue weighted by atomic mass is 35.5. The molecule has 1 aromatic carbocycles. The number of carboxylic acid groups (broad SMARTS) is 1. The number of amides is 1. The number of rotatable bonds is 12. The number of carboxylic acids is 1. The molecule has 0 aliphatic carbocycles. The first-order valence-electron chi connectivity index (χ1n) is 7.98. The minimum atomic E-state index is -1.00. The number of aliphatic carboxylic acids is 1. The van der Waals surface area contributed by atoms with Gasteiger partial charge in [-0.05, 0) is 36.1 Å². The highest BCUT2D eigenvalue weighted by Gasteiger charge is 2.19. The molecule has 0 aliphatic heterocycles. The molecule has 0 aromatic heterocycles. The summed E-state index contributed by atoms with van der Waals surface area (Å²) in [4.78, 5) is 25.3. The summed E-state index contributed by atoms with van der Waals surface area (Å²) in [6.07, 6.45) is 2.46. The predicted octanol–water partition coefficient (Wildman–Crippen LogP) is 2.84. The largest absolute Gasteiger partial charge is 0.480 e. The number of thioether (sulfide) groups is 1. The van der Waals surface area contributed by atoms with Gasteiger partial charge in [0.1, 0.15) is 6.04 Å². The zero-order chi connectivity index (χ0) is 18.7. The van der Waals surface area contributed by atoms with Crippen molar-refractivity contribution in [3.8, 4) is 0 Å². The highest BCUT2D eigenvalue weighted by molar-refractivity contribution is 7.98. The van der Waals surface area contributed by atoms with Crippen molar-refractivity contribution in [1.29, 1.82) is 0 Å². The molecule has 0 aliphatic rings. The van der Waals surface area contributed by atoms with Crippen LogP contribution in [0, 0.1) is 0 Å². The van der Waals surface area contributed by atoms with Gasteiger partial charge in [0, 0.05) is 30.5 Å².